The van der Waals surface area contributed by atoms with E-state index in [-0.39, 0.29) is 0 Å². The van der Waals surface area contributed by atoms with E-state index >= 15 is 0 Å². The maximum absolute atomic E-state index is 5.92. The molecule has 0 bridgehead atoms. The van der Waals surface area contributed by atoms with Gasteiger partial charge in [-0.05, 0) is 18.2 Å². The summed E-state index contributed by atoms with van der Waals surface area (Å²) in [5.74, 6) is 0.873. The van der Waals surface area contributed by atoms with Crippen molar-refractivity contribution in [1.82, 2.24) is 9.97 Å². The maximum atomic E-state index is 5.92. The van der Waals surface area contributed by atoms with Crippen LogP contribution in [-0.2, 0) is 0 Å². The van der Waals surface area contributed by atoms with Gasteiger partial charge in [0.05, 0.1) is 11.0 Å². The quantitative estimate of drug-likeness (QED) is 0.673. The smallest absolute Gasteiger partial charge is 0.138 e. The van der Waals surface area contributed by atoms with Gasteiger partial charge in [0.2, 0.25) is 0 Å². The molecule has 0 fully saturated rings. The number of hydrogen-bond donors (Lipinski definition) is 1. The largest absolute Gasteiger partial charge is 0.338 e. The number of halogens is 1. The van der Waals surface area contributed by atoms with Gasteiger partial charge in [0.15, 0.2) is 0 Å². The third kappa shape index (κ3) is 1.57. The Bertz CT molecular complexity index is 629. The van der Waals surface area contributed by atoms with Crippen molar-refractivity contribution in [2.75, 3.05) is 0 Å². The van der Waals surface area contributed by atoms with Gasteiger partial charge in [-0.25, -0.2) is 4.98 Å². The summed E-state index contributed by atoms with van der Waals surface area (Å²) in [5.41, 5.74) is 2.98. The highest BCUT2D eigenvalue weighted by Crippen LogP contribution is 2.22. The molecule has 1 N–H and O–H groups in total. The average Bonchev–Trinajstić information content (AvgIpc) is 2.73. The van der Waals surface area contributed by atoms with Gasteiger partial charge in [0.25, 0.3) is 0 Å². The lowest BCUT2D eigenvalue weighted by atomic mass is 10.2. The third-order valence-electron chi connectivity index (χ3n) is 2.49. The van der Waals surface area contributed by atoms with Gasteiger partial charge in [-0.2, -0.15) is 0 Å². The Labute approximate surface area is 97.9 Å². The lowest BCUT2D eigenvalue weighted by molar-refractivity contribution is 1.34. The van der Waals surface area contributed by atoms with Crippen LogP contribution in [0.4, 0.5) is 0 Å². The third-order valence-corrected chi connectivity index (χ3v) is 2.73. The summed E-state index contributed by atoms with van der Waals surface area (Å²) in [6.07, 6.45) is 0. The predicted octanol–water partition coefficient (Wildman–Crippen LogP) is 3.88. The molecule has 0 atom stereocenters. The number of hydrogen-bond acceptors (Lipinski definition) is 1. The zero-order valence-electron chi connectivity index (χ0n) is 8.44. The van der Waals surface area contributed by atoms with Crippen molar-refractivity contribution in [2.45, 2.75) is 0 Å². The van der Waals surface area contributed by atoms with E-state index in [2.05, 4.69) is 9.97 Å². The monoisotopic (exact) mass is 228 g/mol. The Hall–Kier alpha value is -1.80. The molecular weight excluding hydrogens is 220 g/mol. The van der Waals surface area contributed by atoms with Crippen molar-refractivity contribution < 1.29 is 0 Å². The fourth-order valence-corrected chi connectivity index (χ4v) is 1.88. The number of aromatic nitrogens is 2. The van der Waals surface area contributed by atoms with Gasteiger partial charge in [-0.15, -0.1) is 0 Å². The van der Waals surface area contributed by atoms with E-state index in [1.165, 1.54) is 0 Å². The molecule has 0 aliphatic heterocycles. The summed E-state index contributed by atoms with van der Waals surface area (Å²) in [5, 5.41) is 0.707. The molecule has 0 aliphatic rings. The summed E-state index contributed by atoms with van der Waals surface area (Å²) in [4.78, 5) is 7.77. The molecule has 0 saturated carbocycles. The van der Waals surface area contributed by atoms with Gasteiger partial charge in [0.1, 0.15) is 5.82 Å². The van der Waals surface area contributed by atoms with Crippen LogP contribution < -0.4 is 0 Å². The van der Waals surface area contributed by atoms with Crippen molar-refractivity contribution in [1.29, 1.82) is 0 Å². The molecule has 0 amide bonds. The van der Waals surface area contributed by atoms with Crippen LogP contribution in [0.5, 0.6) is 0 Å². The molecule has 2 aromatic carbocycles. The van der Waals surface area contributed by atoms with Crippen molar-refractivity contribution in [3.8, 4) is 11.4 Å². The first-order valence-electron chi connectivity index (χ1n) is 5.03. The molecule has 1 heterocycles. The minimum Gasteiger partial charge on any atom is -0.338 e. The molecule has 0 radical (unpaired) electrons. The Morgan fingerprint density at radius 2 is 1.81 bits per heavy atom. The second-order valence-electron chi connectivity index (χ2n) is 3.61. The van der Waals surface area contributed by atoms with Gasteiger partial charge in [-0.3, -0.25) is 0 Å². The van der Waals surface area contributed by atoms with Crippen molar-refractivity contribution in [3.63, 3.8) is 0 Å². The lowest BCUT2D eigenvalue weighted by Gasteiger charge is -1.93. The number of H-pyrrole nitrogens is 1. The van der Waals surface area contributed by atoms with E-state index in [4.69, 9.17) is 11.6 Å². The lowest BCUT2D eigenvalue weighted by Crippen LogP contribution is -1.77. The van der Waals surface area contributed by atoms with E-state index in [0.717, 1.165) is 22.4 Å². The zero-order valence-corrected chi connectivity index (χ0v) is 9.20. The van der Waals surface area contributed by atoms with E-state index < -0.39 is 0 Å². The second-order valence-corrected chi connectivity index (χ2v) is 4.05. The van der Waals surface area contributed by atoms with Crippen LogP contribution in [-0.4, -0.2) is 9.97 Å². The highest BCUT2D eigenvalue weighted by atomic mass is 35.5. The maximum Gasteiger partial charge on any atom is 0.138 e. The fraction of sp³-hybridized carbons (Fsp3) is 0. The van der Waals surface area contributed by atoms with Crippen LogP contribution in [0.1, 0.15) is 0 Å². The summed E-state index contributed by atoms with van der Waals surface area (Å²) in [6.45, 7) is 0. The molecule has 3 rings (SSSR count). The number of imidazole rings is 1. The number of nitrogens with one attached hydrogen (secondary N) is 1. The molecule has 0 aliphatic carbocycles. The SMILES string of the molecule is Clc1ccc2[nH]c(-c3ccccc3)nc2c1. The predicted molar refractivity (Wildman–Crippen MR) is 66.5 cm³/mol. The minimum atomic E-state index is 0.707. The first kappa shape index (κ1) is 9.43. The molecule has 78 valence electrons. The van der Waals surface area contributed by atoms with Gasteiger partial charge in [0, 0.05) is 10.6 Å². The highest BCUT2D eigenvalue weighted by Gasteiger charge is 2.04. The van der Waals surface area contributed by atoms with Crippen LogP contribution in [0.3, 0.4) is 0 Å². The Morgan fingerprint density at radius 1 is 1.00 bits per heavy atom. The van der Waals surface area contributed by atoms with Crippen LogP contribution >= 0.6 is 11.6 Å². The van der Waals surface area contributed by atoms with E-state index in [0.29, 0.717) is 5.02 Å². The number of benzene rings is 2. The first-order valence-corrected chi connectivity index (χ1v) is 5.41. The van der Waals surface area contributed by atoms with Crippen LogP contribution in [0, 0.1) is 0 Å². The van der Waals surface area contributed by atoms with Crippen molar-refractivity contribution >= 4 is 22.6 Å². The minimum absolute atomic E-state index is 0.707. The number of rotatable bonds is 1. The van der Waals surface area contributed by atoms with Crippen LogP contribution in [0.2, 0.25) is 5.02 Å². The topological polar surface area (TPSA) is 28.7 Å². The average molecular weight is 229 g/mol. The second kappa shape index (κ2) is 3.65. The molecule has 3 heteroatoms. The highest BCUT2D eigenvalue weighted by molar-refractivity contribution is 6.31. The standard InChI is InChI=1S/C13H9ClN2/c14-10-6-7-11-12(8-10)16-13(15-11)9-4-2-1-3-5-9/h1-8H,(H,15,16). The van der Waals surface area contributed by atoms with E-state index in [1.54, 1.807) is 0 Å². The molecule has 0 spiro atoms. The summed E-state index contributed by atoms with van der Waals surface area (Å²) in [6, 6.07) is 15.7. The van der Waals surface area contributed by atoms with Gasteiger partial charge in [-0.1, -0.05) is 41.9 Å². The Balaban J connectivity index is 2.19. The van der Waals surface area contributed by atoms with E-state index in [1.807, 2.05) is 48.5 Å². The summed E-state index contributed by atoms with van der Waals surface area (Å²) >= 11 is 5.92. The first-order chi connectivity index (χ1) is 7.83. The molecule has 3 aromatic rings. The van der Waals surface area contributed by atoms with E-state index in [9.17, 15) is 0 Å². The number of nitrogens with zero attached hydrogens (tertiary/aromatic N) is 1. The van der Waals surface area contributed by atoms with Crippen LogP contribution in [0.15, 0.2) is 48.5 Å². The van der Waals surface area contributed by atoms with Gasteiger partial charge < -0.3 is 4.98 Å². The summed E-state index contributed by atoms with van der Waals surface area (Å²) < 4.78 is 0. The molecule has 2 nitrogen and oxygen atoms in total. The molecule has 0 unspecified atom stereocenters. The van der Waals surface area contributed by atoms with Crippen molar-refractivity contribution in [3.05, 3.63) is 53.6 Å². The Morgan fingerprint density at radius 3 is 2.62 bits per heavy atom. The molecule has 16 heavy (non-hydrogen) atoms. The Kier molecular flexibility index (Phi) is 2.15. The van der Waals surface area contributed by atoms with Crippen LogP contribution in [0.25, 0.3) is 22.4 Å². The zero-order chi connectivity index (χ0) is 11.0. The number of aromatic amines is 1. The number of fused-ring (bicyclic) bond motifs is 1. The molecule has 0 saturated heterocycles. The van der Waals surface area contributed by atoms with Gasteiger partial charge >= 0.3 is 0 Å². The molecular formula is C13H9ClN2. The molecule has 1 aromatic heterocycles. The summed E-state index contributed by atoms with van der Waals surface area (Å²) in [7, 11) is 0. The fourth-order valence-electron chi connectivity index (χ4n) is 1.71. The van der Waals surface area contributed by atoms with Crippen molar-refractivity contribution in [2.24, 2.45) is 0 Å². The normalized spacial score (nSPS) is 10.8.